The van der Waals surface area contributed by atoms with Crippen molar-refractivity contribution in [1.82, 2.24) is 15.5 Å². The van der Waals surface area contributed by atoms with Crippen molar-refractivity contribution in [3.05, 3.63) is 11.3 Å². The molecule has 2 aliphatic heterocycles. The van der Waals surface area contributed by atoms with E-state index in [1.54, 1.807) is 0 Å². The number of carboxylic acids is 1. The third-order valence-corrected chi connectivity index (χ3v) is 6.39. The molecule has 12 heteroatoms. The summed E-state index contributed by atoms with van der Waals surface area (Å²) < 4.78 is 4.90. The number of thioether (sulfide) groups is 2. The number of carboxylic acid groups (broad SMARTS) is 1. The molecule has 0 aliphatic carbocycles. The van der Waals surface area contributed by atoms with Crippen molar-refractivity contribution in [3.63, 3.8) is 0 Å². The number of amidine groups is 1. The Labute approximate surface area is 189 Å². The lowest BCUT2D eigenvalue weighted by Gasteiger charge is -2.49. The second kappa shape index (κ2) is 10.9. The zero-order chi connectivity index (χ0) is 23.3. The van der Waals surface area contributed by atoms with E-state index in [2.05, 4.69) is 15.6 Å². The van der Waals surface area contributed by atoms with Crippen LogP contribution in [0, 0.1) is 0 Å². The maximum atomic E-state index is 12.6. The number of amides is 2. The first-order valence-electron chi connectivity index (χ1n) is 9.81. The predicted molar refractivity (Wildman–Crippen MR) is 120 cm³/mol. The van der Waals surface area contributed by atoms with Crippen LogP contribution in [-0.2, 0) is 23.9 Å². The van der Waals surface area contributed by atoms with Crippen molar-refractivity contribution < 1.29 is 29.0 Å². The quantitative estimate of drug-likeness (QED) is 0.202. The molecule has 0 spiro atoms. The SMILES string of the molecule is CC(=O)OCC1=C(C(=O)O)N2C(=O)C(NC(=O)CSC(=NC(C)C)NC(C)C)C2SC1. The maximum absolute atomic E-state index is 12.6. The van der Waals surface area contributed by atoms with Crippen molar-refractivity contribution in [2.24, 2.45) is 4.99 Å². The summed E-state index contributed by atoms with van der Waals surface area (Å²) in [6.45, 7) is 8.87. The number of nitrogens with zero attached hydrogens (tertiary/aromatic N) is 2. The molecule has 10 nitrogen and oxygen atoms in total. The van der Waals surface area contributed by atoms with Crippen LogP contribution >= 0.6 is 23.5 Å². The lowest BCUT2D eigenvalue weighted by atomic mass is 10.0. The Morgan fingerprint density at radius 3 is 2.55 bits per heavy atom. The minimum Gasteiger partial charge on any atom is -0.477 e. The van der Waals surface area contributed by atoms with Crippen molar-refractivity contribution >= 4 is 52.4 Å². The van der Waals surface area contributed by atoms with Crippen LogP contribution in [0.25, 0.3) is 0 Å². The summed E-state index contributed by atoms with van der Waals surface area (Å²) in [4.78, 5) is 53.4. The number of aliphatic imine (C=N–C) groups is 1. The minimum absolute atomic E-state index is 0.0691. The van der Waals surface area contributed by atoms with E-state index in [-0.39, 0.29) is 41.8 Å². The highest BCUT2D eigenvalue weighted by Gasteiger charge is 2.54. The molecule has 3 N–H and O–H groups in total. The zero-order valence-corrected chi connectivity index (χ0v) is 19.8. The van der Waals surface area contributed by atoms with Gasteiger partial charge in [-0.3, -0.25) is 24.3 Å². The first-order valence-corrected chi connectivity index (χ1v) is 11.8. The summed E-state index contributed by atoms with van der Waals surface area (Å²) >= 11 is 2.58. The Hall–Kier alpha value is -2.21. The Balaban J connectivity index is 2.00. The summed E-state index contributed by atoms with van der Waals surface area (Å²) in [7, 11) is 0. The molecule has 0 saturated carbocycles. The number of nitrogens with one attached hydrogen (secondary N) is 2. The molecule has 31 heavy (non-hydrogen) atoms. The molecule has 0 aromatic heterocycles. The molecular weight excluding hydrogens is 444 g/mol. The zero-order valence-electron chi connectivity index (χ0n) is 18.1. The number of hydrogen-bond donors (Lipinski definition) is 3. The molecular formula is C19H28N4O6S2. The monoisotopic (exact) mass is 472 g/mol. The maximum Gasteiger partial charge on any atom is 0.352 e. The molecule has 0 aromatic rings. The fourth-order valence-corrected chi connectivity index (χ4v) is 5.21. The Bertz CT molecular complexity index is 811. The fourth-order valence-electron chi connectivity index (χ4n) is 2.93. The second-order valence-electron chi connectivity index (χ2n) is 7.61. The molecule has 2 aliphatic rings. The number of hydrogen-bond acceptors (Lipinski definition) is 8. The lowest BCUT2D eigenvalue weighted by Crippen LogP contribution is -2.70. The van der Waals surface area contributed by atoms with Gasteiger partial charge in [0.25, 0.3) is 5.91 Å². The molecule has 2 amide bonds. The van der Waals surface area contributed by atoms with E-state index in [0.717, 1.165) is 4.90 Å². The normalized spacial score (nSPS) is 21.1. The number of esters is 1. The summed E-state index contributed by atoms with van der Waals surface area (Å²) in [5, 5.41) is 15.6. The van der Waals surface area contributed by atoms with Crippen molar-refractivity contribution in [2.45, 2.75) is 58.1 Å². The van der Waals surface area contributed by atoms with Gasteiger partial charge in [0.1, 0.15) is 23.7 Å². The number of fused-ring (bicyclic) bond motifs is 1. The average Bonchev–Trinajstić information content (AvgIpc) is 2.66. The van der Waals surface area contributed by atoms with Crippen molar-refractivity contribution in [3.8, 4) is 0 Å². The van der Waals surface area contributed by atoms with Gasteiger partial charge in [0.05, 0.1) is 5.75 Å². The topological polar surface area (TPSA) is 137 Å². The highest BCUT2D eigenvalue weighted by atomic mass is 32.2. The highest BCUT2D eigenvalue weighted by Crippen LogP contribution is 2.40. The van der Waals surface area contributed by atoms with Crippen molar-refractivity contribution in [2.75, 3.05) is 18.1 Å². The third-order valence-electron chi connectivity index (χ3n) is 4.14. The standard InChI is InChI=1S/C19H28N4O6S2/c1-9(2)20-19(21-10(3)4)31-8-13(25)22-14-16(26)23-15(18(27)28)12(6-29-11(5)24)7-30-17(14)23/h9-10,14,17H,6-8H2,1-5H3,(H,20,21)(H,22,25)(H,27,28). The fraction of sp³-hybridized carbons (Fsp3) is 0.632. The van der Waals surface area contributed by atoms with Crippen molar-refractivity contribution in [1.29, 1.82) is 0 Å². The van der Waals surface area contributed by atoms with Crippen LogP contribution in [0.1, 0.15) is 34.6 Å². The summed E-state index contributed by atoms with van der Waals surface area (Å²) in [5.41, 5.74) is 0.175. The number of carbonyl (C=O) groups is 4. The Morgan fingerprint density at radius 2 is 2.00 bits per heavy atom. The predicted octanol–water partition coefficient (Wildman–Crippen LogP) is 0.784. The van der Waals surface area contributed by atoms with E-state index in [1.807, 2.05) is 27.7 Å². The highest BCUT2D eigenvalue weighted by molar-refractivity contribution is 8.14. The van der Waals surface area contributed by atoms with Gasteiger partial charge < -0.3 is 20.5 Å². The number of ether oxygens (including phenoxy) is 1. The van der Waals surface area contributed by atoms with Gasteiger partial charge in [0, 0.05) is 30.3 Å². The molecule has 1 fully saturated rings. The van der Waals surface area contributed by atoms with Crippen LogP contribution in [0.5, 0.6) is 0 Å². The van der Waals surface area contributed by atoms with Crippen LogP contribution in [0.3, 0.4) is 0 Å². The molecule has 0 aromatic carbocycles. The van der Waals surface area contributed by atoms with Crippen LogP contribution in [0.2, 0.25) is 0 Å². The van der Waals surface area contributed by atoms with Gasteiger partial charge in [-0.15, -0.1) is 11.8 Å². The second-order valence-corrected chi connectivity index (χ2v) is 9.68. The number of rotatable bonds is 8. The number of aliphatic carboxylic acids is 1. The smallest absolute Gasteiger partial charge is 0.352 e. The van der Waals surface area contributed by atoms with Crippen LogP contribution in [0.15, 0.2) is 16.3 Å². The molecule has 172 valence electrons. The van der Waals surface area contributed by atoms with Gasteiger partial charge in [-0.2, -0.15) is 0 Å². The van der Waals surface area contributed by atoms with Gasteiger partial charge >= 0.3 is 11.9 Å². The number of β-lactam (4-membered cyclic amide) rings is 1. The molecule has 1 saturated heterocycles. The van der Waals surface area contributed by atoms with Gasteiger partial charge in [-0.1, -0.05) is 11.8 Å². The van der Waals surface area contributed by atoms with E-state index in [9.17, 15) is 24.3 Å². The van der Waals surface area contributed by atoms with E-state index < -0.39 is 29.3 Å². The largest absolute Gasteiger partial charge is 0.477 e. The van der Waals surface area contributed by atoms with Crippen LogP contribution < -0.4 is 10.6 Å². The summed E-state index contributed by atoms with van der Waals surface area (Å²) in [6, 6.07) is -0.568. The molecule has 2 unspecified atom stereocenters. The van der Waals surface area contributed by atoms with Gasteiger partial charge in [-0.25, -0.2) is 4.79 Å². The van der Waals surface area contributed by atoms with Gasteiger partial charge in [-0.05, 0) is 27.7 Å². The van der Waals surface area contributed by atoms with Crippen LogP contribution in [0.4, 0.5) is 0 Å². The van der Waals surface area contributed by atoms with Gasteiger partial charge in [0.15, 0.2) is 5.17 Å². The Morgan fingerprint density at radius 1 is 1.32 bits per heavy atom. The first kappa shape index (κ1) is 25.1. The van der Waals surface area contributed by atoms with E-state index in [1.165, 1.54) is 30.4 Å². The lowest BCUT2D eigenvalue weighted by molar-refractivity contribution is -0.150. The molecule has 0 radical (unpaired) electrons. The molecule has 2 heterocycles. The minimum atomic E-state index is -1.27. The molecule has 0 bridgehead atoms. The summed E-state index contributed by atoms with van der Waals surface area (Å²) in [6.07, 6.45) is 0. The number of carbonyl (C=O) groups excluding carboxylic acids is 3. The van der Waals surface area contributed by atoms with E-state index in [0.29, 0.717) is 10.7 Å². The first-order chi connectivity index (χ1) is 14.5. The Kier molecular flexibility index (Phi) is 8.80. The average molecular weight is 473 g/mol. The molecule has 2 rings (SSSR count). The van der Waals surface area contributed by atoms with Gasteiger partial charge in [0.2, 0.25) is 5.91 Å². The third kappa shape index (κ3) is 6.63. The van der Waals surface area contributed by atoms with Crippen LogP contribution in [-0.4, -0.2) is 80.5 Å². The van der Waals surface area contributed by atoms with E-state index >= 15 is 0 Å². The molecule has 2 atom stereocenters. The summed E-state index contributed by atoms with van der Waals surface area (Å²) in [5.74, 6) is -2.27. The van der Waals surface area contributed by atoms with E-state index in [4.69, 9.17) is 4.74 Å².